The highest BCUT2D eigenvalue weighted by Gasteiger charge is 2.39. The predicted molar refractivity (Wildman–Crippen MR) is 117 cm³/mol. The van der Waals surface area contributed by atoms with Gasteiger partial charge in [0.1, 0.15) is 22.5 Å². The molecule has 2 aromatic heterocycles. The van der Waals surface area contributed by atoms with Crippen molar-refractivity contribution in [2.75, 3.05) is 26.3 Å². The minimum absolute atomic E-state index is 0.121. The van der Waals surface area contributed by atoms with E-state index in [0.29, 0.717) is 51.3 Å². The molecule has 1 N–H and O–H groups in total. The molecular weight excluding hydrogens is 448 g/mol. The maximum atomic E-state index is 14.1. The largest absolute Gasteiger partial charge is 0.378 e. The second-order valence-corrected chi connectivity index (χ2v) is 9.86. The van der Waals surface area contributed by atoms with Crippen molar-refractivity contribution in [3.05, 3.63) is 63.0 Å². The molecule has 0 radical (unpaired) electrons. The molecule has 0 saturated carbocycles. The lowest BCUT2D eigenvalue weighted by Gasteiger charge is -2.29. The van der Waals surface area contributed by atoms with Crippen LogP contribution in [-0.2, 0) is 28.9 Å². The number of halogens is 2. The number of benzene rings is 1. The van der Waals surface area contributed by atoms with Crippen molar-refractivity contribution in [1.82, 2.24) is 25.0 Å². The Kier molecular flexibility index (Phi) is 5.04. The summed E-state index contributed by atoms with van der Waals surface area (Å²) in [5.41, 5.74) is 2.59. The summed E-state index contributed by atoms with van der Waals surface area (Å²) in [4.78, 5) is 16.2. The number of nitrogens with one attached hydrogen (secondary N) is 1. The molecule has 0 bridgehead atoms. The first kappa shape index (κ1) is 20.9. The second-order valence-electron chi connectivity index (χ2n) is 8.78. The number of hydrogen-bond donors (Lipinski definition) is 1. The molecule has 10 heteroatoms. The van der Waals surface area contributed by atoms with Crippen molar-refractivity contribution >= 4 is 17.2 Å². The van der Waals surface area contributed by atoms with Crippen LogP contribution in [0.4, 0.5) is 8.78 Å². The van der Waals surface area contributed by atoms with Gasteiger partial charge in [0.2, 0.25) is 5.91 Å². The molecule has 3 aliphatic rings. The Morgan fingerprint density at radius 2 is 1.91 bits per heavy atom. The third-order valence-corrected chi connectivity index (χ3v) is 7.99. The summed E-state index contributed by atoms with van der Waals surface area (Å²) in [5.74, 6) is 0.339. The number of rotatable bonds is 2. The number of carbonyl (C=O) groups is 1. The Balaban J connectivity index is 1.43. The fraction of sp³-hybridized carbons (Fsp3) is 0.435. The lowest BCUT2D eigenvalue weighted by Crippen LogP contribution is -2.44. The maximum absolute atomic E-state index is 14.1. The Morgan fingerprint density at radius 1 is 1.15 bits per heavy atom. The van der Waals surface area contributed by atoms with Crippen molar-refractivity contribution in [3.63, 3.8) is 0 Å². The molecule has 1 aliphatic carbocycles. The lowest BCUT2D eigenvalue weighted by molar-refractivity contribution is -0.139. The van der Waals surface area contributed by atoms with Gasteiger partial charge in [0.15, 0.2) is 5.82 Å². The zero-order valence-electron chi connectivity index (χ0n) is 18.1. The smallest absolute Gasteiger partial charge is 0.226 e. The summed E-state index contributed by atoms with van der Waals surface area (Å²) in [6.07, 6.45) is 1.29. The third kappa shape index (κ3) is 3.48. The molecule has 2 atom stereocenters. The van der Waals surface area contributed by atoms with E-state index in [9.17, 15) is 13.6 Å². The SMILES string of the molecule is Cc1nnc2n1-c1sc3c(c1[C@H](c1cc(F)cc(F)c1)NC2)C[C@H](C(=O)N1CCOCC1)C3. The van der Waals surface area contributed by atoms with Crippen molar-refractivity contribution < 1.29 is 18.3 Å². The normalized spacial score (nSPS) is 22.0. The summed E-state index contributed by atoms with van der Waals surface area (Å²) < 4.78 is 35.7. The van der Waals surface area contributed by atoms with Gasteiger partial charge in [-0.1, -0.05) is 0 Å². The molecular formula is C23H23F2N5O2S. The highest BCUT2D eigenvalue weighted by Crippen LogP contribution is 2.46. The number of ether oxygens (including phenoxy) is 1. The van der Waals surface area contributed by atoms with Gasteiger partial charge in [0.05, 0.1) is 25.8 Å². The van der Waals surface area contributed by atoms with Crippen molar-refractivity contribution in [2.45, 2.75) is 32.4 Å². The summed E-state index contributed by atoms with van der Waals surface area (Å²) >= 11 is 1.63. The monoisotopic (exact) mass is 471 g/mol. The number of thiophene rings is 1. The molecule has 7 nitrogen and oxygen atoms in total. The van der Waals surface area contributed by atoms with Crippen LogP contribution in [0.25, 0.3) is 5.00 Å². The number of amides is 1. The molecule has 1 fully saturated rings. The first-order chi connectivity index (χ1) is 16.0. The van der Waals surface area contributed by atoms with Gasteiger partial charge in [0, 0.05) is 35.5 Å². The van der Waals surface area contributed by atoms with Crippen LogP contribution in [0, 0.1) is 24.5 Å². The van der Waals surface area contributed by atoms with Gasteiger partial charge in [-0.05, 0) is 43.0 Å². The standard InChI is InChI=1S/C23H23F2N5O2S/c1-12-27-28-19-11-26-21(13-6-15(24)10-16(25)7-13)20-17-8-14(9-18(17)33-23(20)30(12)19)22(31)29-2-4-32-5-3-29/h6-7,10,14,21,26H,2-5,8-9,11H2,1H3/t14-,21-/m0/s1. The number of nitrogens with zero attached hydrogens (tertiary/aromatic N) is 4. The topological polar surface area (TPSA) is 72.3 Å². The molecule has 1 saturated heterocycles. The van der Waals surface area contributed by atoms with E-state index in [2.05, 4.69) is 15.5 Å². The Bertz CT molecular complexity index is 1230. The quantitative estimate of drug-likeness (QED) is 0.622. The predicted octanol–water partition coefficient (Wildman–Crippen LogP) is 2.68. The summed E-state index contributed by atoms with van der Waals surface area (Å²) in [6.45, 7) is 4.70. The fourth-order valence-corrected chi connectivity index (χ4v) is 6.74. The van der Waals surface area contributed by atoms with Gasteiger partial charge in [-0.25, -0.2) is 8.78 Å². The molecule has 4 heterocycles. The van der Waals surface area contributed by atoms with E-state index in [0.717, 1.165) is 38.7 Å². The number of carbonyl (C=O) groups excluding carboxylic acids is 1. The molecule has 3 aromatic rings. The van der Waals surface area contributed by atoms with Crippen LogP contribution in [0.1, 0.15) is 39.3 Å². The van der Waals surface area contributed by atoms with Crippen LogP contribution < -0.4 is 5.32 Å². The van der Waals surface area contributed by atoms with Gasteiger partial charge in [-0.2, -0.15) is 0 Å². The second kappa shape index (κ2) is 7.96. The van der Waals surface area contributed by atoms with Crippen LogP contribution in [0.2, 0.25) is 0 Å². The van der Waals surface area contributed by atoms with E-state index in [1.165, 1.54) is 12.1 Å². The fourth-order valence-electron chi connectivity index (χ4n) is 5.23. The van der Waals surface area contributed by atoms with Crippen molar-refractivity contribution in [2.24, 2.45) is 5.92 Å². The Hall–Kier alpha value is -2.69. The van der Waals surface area contributed by atoms with Gasteiger partial charge < -0.3 is 9.64 Å². The molecule has 0 spiro atoms. The molecule has 1 aromatic carbocycles. The first-order valence-corrected chi connectivity index (χ1v) is 11.9. The van der Waals surface area contributed by atoms with Gasteiger partial charge in [0.25, 0.3) is 0 Å². The van der Waals surface area contributed by atoms with E-state index in [1.54, 1.807) is 11.3 Å². The van der Waals surface area contributed by atoms with Crippen LogP contribution in [-0.4, -0.2) is 51.9 Å². The zero-order chi connectivity index (χ0) is 22.7. The lowest BCUT2D eigenvalue weighted by atomic mass is 9.94. The van der Waals surface area contributed by atoms with E-state index in [4.69, 9.17) is 4.74 Å². The first-order valence-electron chi connectivity index (χ1n) is 11.1. The minimum atomic E-state index is -0.611. The maximum Gasteiger partial charge on any atom is 0.226 e. The van der Waals surface area contributed by atoms with Crippen molar-refractivity contribution in [1.29, 1.82) is 0 Å². The minimum Gasteiger partial charge on any atom is -0.378 e. The van der Waals surface area contributed by atoms with Crippen molar-refractivity contribution in [3.8, 4) is 5.00 Å². The summed E-state index contributed by atoms with van der Waals surface area (Å²) in [5, 5.41) is 12.9. The molecule has 33 heavy (non-hydrogen) atoms. The number of morpholine rings is 1. The van der Waals surface area contributed by atoms with Crippen LogP contribution in [0.3, 0.4) is 0 Å². The highest BCUT2D eigenvalue weighted by molar-refractivity contribution is 7.15. The zero-order valence-corrected chi connectivity index (χ0v) is 18.9. The number of fused-ring (bicyclic) bond motifs is 5. The van der Waals surface area contributed by atoms with Crippen LogP contribution in [0.15, 0.2) is 18.2 Å². The van der Waals surface area contributed by atoms with Crippen LogP contribution in [0.5, 0.6) is 0 Å². The van der Waals surface area contributed by atoms with E-state index >= 15 is 0 Å². The van der Waals surface area contributed by atoms with Crippen LogP contribution >= 0.6 is 11.3 Å². The average Bonchev–Trinajstić information content (AvgIpc) is 3.43. The summed E-state index contributed by atoms with van der Waals surface area (Å²) in [7, 11) is 0. The number of hydrogen-bond acceptors (Lipinski definition) is 6. The molecule has 0 unspecified atom stereocenters. The van der Waals surface area contributed by atoms with E-state index < -0.39 is 17.7 Å². The van der Waals surface area contributed by atoms with E-state index in [1.807, 2.05) is 16.4 Å². The van der Waals surface area contributed by atoms with Gasteiger partial charge in [-0.3, -0.25) is 14.7 Å². The summed E-state index contributed by atoms with van der Waals surface area (Å²) in [6, 6.07) is 3.22. The van der Waals surface area contributed by atoms with Gasteiger partial charge >= 0.3 is 0 Å². The molecule has 172 valence electrons. The third-order valence-electron chi connectivity index (χ3n) is 6.73. The molecule has 1 amide bonds. The number of aromatic nitrogens is 3. The molecule has 6 rings (SSSR count). The van der Waals surface area contributed by atoms with E-state index in [-0.39, 0.29) is 11.8 Å². The Morgan fingerprint density at radius 3 is 2.67 bits per heavy atom. The highest BCUT2D eigenvalue weighted by atomic mass is 32.1. The van der Waals surface area contributed by atoms with Gasteiger partial charge in [-0.15, -0.1) is 21.5 Å². The number of aryl methyl sites for hydroxylation is 1. The molecule has 2 aliphatic heterocycles. The Labute approximate surface area is 193 Å². The average molecular weight is 472 g/mol.